The summed E-state index contributed by atoms with van der Waals surface area (Å²) in [7, 11) is 0. The molecule has 0 bridgehead atoms. The highest BCUT2D eigenvalue weighted by Gasteiger charge is 2.45. The predicted molar refractivity (Wildman–Crippen MR) is 54.4 cm³/mol. The third-order valence-corrected chi connectivity index (χ3v) is 2.98. The first kappa shape index (κ1) is 14.1. The molecule has 0 aromatic heterocycles. The lowest BCUT2D eigenvalue weighted by Gasteiger charge is -2.29. The van der Waals surface area contributed by atoms with Gasteiger partial charge in [-0.1, -0.05) is 12.2 Å². The molecule has 1 rings (SSSR count). The third-order valence-electron chi connectivity index (χ3n) is 2.70. The molecule has 3 unspecified atom stereocenters. The lowest BCUT2D eigenvalue weighted by Crippen LogP contribution is -2.34. The zero-order chi connectivity index (χ0) is 13.2. The van der Waals surface area contributed by atoms with Gasteiger partial charge in [0, 0.05) is 11.3 Å². The summed E-state index contributed by atoms with van der Waals surface area (Å²) in [5, 5.41) is 3.95. The van der Waals surface area contributed by atoms with Crippen molar-refractivity contribution in [1.82, 2.24) is 0 Å². The Morgan fingerprint density at radius 1 is 1.47 bits per heavy atom. The Hall–Kier alpha value is -0.920. The van der Waals surface area contributed by atoms with Gasteiger partial charge >= 0.3 is 6.18 Å². The highest BCUT2D eigenvalue weighted by Crippen LogP contribution is 2.42. The Balaban J connectivity index is 3.01. The van der Waals surface area contributed by atoms with Crippen molar-refractivity contribution in [3.8, 4) is 0 Å². The van der Waals surface area contributed by atoms with Crippen LogP contribution in [0.1, 0.15) is 12.8 Å². The van der Waals surface area contributed by atoms with Crippen LogP contribution in [0.4, 0.5) is 22.0 Å². The number of allylic oxidation sites excluding steroid dienone is 2. The van der Waals surface area contributed by atoms with Crippen molar-refractivity contribution in [3.63, 3.8) is 0 Å². The summed E-state index contributed by atoms with van der Waals surface area (Å²) in [6.07, 6.45) is -8.11. The lowest BCUT2D eigenvalue weighted by atomic mass is 9.83. The number of nitrogens with zero attached hydrogens (tertiary/aromatic N) is 1. The van der Waals surface area contributed by atoms with E-state index in [4.69, 9.17) is 5.53 Å². The van der Waals surface area contributed by atoms with Gasteiger partial charge in [0.05, 0.1) is 5.57 Å². The fourth-order valence-electron chi connectivity index (χ4n) is 1.78. The maximum atomic E-state index is 13.5. The first-order valence-electron chi connectivity index (χ1n) is 4.74. The van der Waals surface area contributed by atoms with Crippen LogP contribution in [-0.4, -0.2) is 23.8 Å². The Bertz CT molecular complexity index is 344. The maximum absolute atomic E-state index is 13.5. The zero-order valence-electron chi connectivity index (χ0n) is 8.47. The molecule has 2 nitrogen and oxygen atoms in total. The molecule has 96 valence electrons. The van der Waals surface area contributed by atoms with Crippen molar-refractivity contribution in [2.45, 2.75) is 31.2 Å². The van der Waals surface area contributed by atoms with Gasteiger partial charge in [-0.15, -0.1) is 0 Å². The normalized spacial score (nSPS) is 27.8. The predicted octanol–water partition coefficient (Wildman–Crippen LogP) is 3.92. The van der Waals surface area contributed by atoms with Gasteiger partial charge < -0.3 is 0 Å². The molecule has 0 aromatic carbocycles. The van der Waals surface area contributed by atoms with E-state index < -0.39 is 42.1 Å². The molecule has 0 aliphatic heterocycles. The summed E-state index contributed by atoms with van der Waals surface area (Å²) < 4.78 is 63.7. The Morgan fingerprint density at radius 2 is 2.06 bits per heavy atom. The van der Waals surface area contributed by atoms with Gasteiger partial charge in [-0.05, 0) is 12.8 Å². The fourth-order valence-corrected chi connectivity index (χ4v) is 2.04. The Kier molecular flexibility index (Phi) is 4.29. The summed E-state index contributed by atoms with van der Waals surface area (Å²) in [4.78, 5) is 0. The number of halogens is 5. The van der Waals surface area contributed by atoms with Crippen molar-refractivity contribution in [1.29, 1.82) is 5.53 Å². The van der Waals surface area contributed by atoms with Crippen molar-refractivity contribution < 1.29 is 22.0 Å². The van der Waals surface area contributed by atoms with E-state index in [0.717, 1.165) is 5.37 Å². The van der Waals surface area contributed by atoms with E-state index in [1.54, 1.807) is 0 Å². The minimum absolute atomic E-state index is 0.233. The third kappa shape index (κ3) is 2.85. The molecule has 0 amide bonds. The summed E-state index contributed by atoms with van der Waals surface area (Å²) in [6, 6.07) is -1.07. The summed E-state index contributed by atoms with van der Waals surface area (Å²) in [5.41, 5.74) is 5.26. The fraction of sp³-hybridized carbons (Fsp3) is 0.667. The molecule has 0 spiro atoms. The van der Waals surface area contributed by atoms with E-state index >= 15 is 0 Å². The molecular formula is C9H9F5N2S. The molecule has 1 N–H and O–H groups in total. The van der Waals surface area contributed by atoms with E-state index in [-0.39, 0.29) is 6.42 Å². The molecule has 0 aromatic rings. The maximum Gasteiger partial charge on any atom is 0.415 e. The molecule has 8 heteroatoms. The van der Waals surface area contributed by atoms with Gasteiger partial charge in [0.25, 0.3) is 0 Å². The van der Waals surface area contributed by atoms with E-state index in [9.17, 15) is 22.0 Å². The molecule has 0 fully saturated rings. The van der Waals surface area contributed by atoms with Crippen LogP contribution in [0.25, 0.3) is 0 Å². The molecule has 1 aliphatic rings. The summed E-state index contributed by atoms with van der Waals surface area (Å²) >= 11 is 4.48. The van der Waals surface area contributed by atoms with Crippen molar-refractivity contribution in [2.24, 2.45) is 11.0 Å². The monoisotopic (exact) mass is 272 g/mol. The lowest BCUT2D eigenvalue weighted by molar-refractivity contribution is -0.0998. The largest absolute Gasteiger partial charge is 0.415 e. The molecule has 0 radical (unpaired) electrons. The second-order valence-electron chi connectivity index (χ2n) is 3.68. The number of rotatable bonds is 3. The van der Waals surface area contributed by atoms with E-state index in [0.29, 0.717) is 0 Å². The van der Waals surface area contributed by atoms with Gasteiger partial charge in [-0.2, -0.15) is 18.3 Å². The molecule has 0 saturated carbocycles. The van der Waals surface area contributed by atoms with Crippen LogP contribution in [-0.2, 0) is 0 Å². The average Bonchev–Trinajstić information content (AvgIpc) is 2.24. The molecule has 0 heterocycles. The number of thiocarbonyl (C=S) groups is 1. The van der Waals surface area contributed by atoms with Crippen molar-refractivity contribution >= 4 is 17.6 Å². The molecule has 1 aliphatic carbocycles. The standard InChI is InChI=1S/C9H9F5N2S/c10-7-4(6(3-17)16-15)1-2-5(8(7)11)9(12,13)14/h3-4,6-7,15H,1-2H2. The van der Waals surface area contributed by atoms with Gasteiger partial charge in [-0.3, -0.25) is 0 Å². The molecule has 17 heavy (non-hydrogen) atoms. The van der Waals surface area contributed by atoms with E-state index in [1.165, 1.54) is 0 Å². The first-order valence-corrected chi connectivity index (χ1v) is 5.21. The van der Waals surface area contributed by atoms with Gasteiger partial charge in [0.2, 0.25) is 0 Å². The number of alkyl halides is 4. The highest BCUT2D eigenvalue weighted by atomic mass is 32.1. The van der Waals surface area contributed by atoms with E-state index in [2.05, 4.69) is 17.3 Å². The SMILES string of the molecule is N=NC(C=S)C1CCC(C(F)(F)F)=C(F)C1F. The van der Waals surface area contributed by atoms with Crippen LogP contribution in [0.2, 0.25) is 0 Å². The first-order chi connectivity index (χ1) is 7.82. The highest BCUT2D eigenvalue weighted by molar-refractivity contribution is 7.79. The van der Waals surface area contributed by atoms with Crippen LogP contribution in [0.3, 0.4) is 0 Å². The van der Waals surface area contributed by atoms with Gasteiger partial charge in [0.15, 0.2) is 6.17 Å². The quantitative estimate of drug-likeness (QED) is 0.472. The molecular weight excluding hydrogens is 263 g/mol. The average molecular weight is 272 g/mol. The summed E-state index contributed by atoms with van der Waals surface area (Å²) in [5.74, 6) is -2.93. The molecule has 0 saturated heterocycles. The van der Waals surface area contributed by atoms with Crippen molar-refractivity contribution in [3.05, 3.63) is 11.4 Å². The smallest absolute Gasteiger partial charge is 0.239 e. The van der Waals surface area contributed by atoms with Crippen LogP contribution in [0.5, 0.6) is 0 Å². The minimum Gasteiger partial charge on any atom is -0.239 e. The van der Waals surface area contributed by atoms with Gasteiger partial charge in [-0.25, -0.2) is 14.3 Å². The minimum atomic E-state index is -4.86. The Labute approximate surface area is 99.4 Å². The second-order valence-corrected chi connectivity index (χ2v) is 3.96. The number of hydrogen-bond acceptors (Lipinski definition) is 3. The van der Waals surface area contributed by atoms with Crippen LogP contribution in [0, 0.1) is 11.4 Å². The summed E-state index contributed by atoms with van der Waals surface area (Å²) in [6.45, 7) is 0. The number of hydrogen-bond donors (Lipinski definition) is 1. The topological polar surface area (TPSA) is 36.2 Å². The second kappa shape index (κ2) is 5.16. The zero-order valence-corrected chi connectivity index (χ0v) is 9.29. The van der Waals surface area contributed by atoms with Crippen LogP contribution in [0.15, 0.2) is 16.5 Å². The van der Waals surface area contributed by atoms with Crippen molar-refractivity contribution in [2.75, 3.05) is 0 Å². The Morgan fingerprint density at radius 3 is 2.47 bits per heavy atom. The molecule has 3 atom stereocenters. The number of nitrogens with one attached hydrogen (secondary N) is 1. The van der Waals surface area contributed by atoms with Gasteiger partial charge in [0.1, 0.15) is 11.9 Å². The van der Waals surface area contributed by atoms with Crippen LogP contribution < -0.4 is 0 Å². The van der Waals surface area contributed by atoms with Crippen LogP contribution >= 0.6 is 12.2 Å². The van der Waals surface area contributed by atoms with E-state index in [1.807, 2.05) is 0 Å².